The predicted octanol–water partition coefficient (Wildman–Crippen LogP) is 3.51. The van der Waals surface area contributed by atoms with E-state index in [1.807, 2.05) is 20.8 Å². The van der Waals surface area contributed by atoms with Gasteiger partial charge >= 0.3 is 6.09 Å². The average Bonchev–Trinajstić information content (AvgIpc) is 3.50. The van der Waals surface area contributed by atoms with Crippen molar-refractivity contribution in [2.45, 2.75) is 58.2 Å². The van der Waals surface area contributed by atoms with Crippen molar-refractivity contribution in [3.63, 3.8) is 0 Å². The Morgan fingerprint density at radius 2 is 2.08 bits per heavy atom. The molecule has 2 saturated heterocycles. The smallest absolute Gasteiger partial charge is 0.407 e. The second-order valence-corrected chi connectivity index (χ2v) is 10.9. The third kappa shape index (κ3) is 5.30. The first-order chi connectivity index (χ1) is 18.5. The number of alkyl halides is 2. The van der Waals surface area contributed by atoms with Gasteiger partial charge in [-0.05, 0) is 24.3 Å². The van der Waals surface area contributed by atoms with Crippen LogP contribution in [0.3, 0.4) is 0 Å². The molecule has 0 bridgehead atoms. The summed E-state index contributed by atoms with van der Waals surface area (Å²) >= 11 is 0. The van der Waals surface area contributed by atoms with Crippen LogP contribution in [0, 0.1) is 5.41 Å². The summed E-state index contributed by atoms with van der Waals surface area (Å²) in [5.41, 5.74) is -0.174. The number of amides is 2. The highest BCUT2D eigenvalue weighted by Crippen LogP contribution is 2.38. The van der Waals surface area contributed by atoms with Crippen LogP contribution in [-0.2, 0) is 4.74 Å². The minimum atomic E-state index is -2.94. The van der Waals surface area contributed by atoms with Gasteiger partial charge < -0.3 is 25.4 Å². The molecule has 2 aliphatic heterocycles. The summed E-state index contributed by atoms with van der Waals surface area (Å²) in [4.78, 5) is 31.1. The molecule has 3 aromatic heterocycles. The molecule has 210 valence electrons. The molecular formula is C25H32F2N8O4. The minimum absolute atomic E-state index is 0.114. The van der Waals surface area contributed by atoms with E-state index in [1.165, 1.54) is 26.5 Å². The number of hydrogen-bond donors (Lipinski definition) is 3. The number of anilines is 1. The van der Waals surface area contributed by atoms with E-state index in [4.69, 9.17) is 4.74 Å². The fraction of sp³-hybridized carbons (Fsp3) is 0.560. The van der Waals surface area contributed by atoms with Crippen molar-refractivity contribution in [2.24, 2.45) is 5.41 Å². The first-order valence-electron chi connectivity index (χ1n) is 12.9. The maximum atomic E-state index is 14.1. The number of ether oxygens (including phenoxy) is 1. The highest BCUT2D eigenvalue weighted by Gasteiger charge is 2.40. The molecule has 0 radical (unpaired) electrons. The number of aromatic nitrogens is 5. The molecule has 2 amide bonds. The number of carbonyl (C=O) groups excluding carboxylic acids is 1. The van der Waals surface area contributed by atoms with E-state index in [-0.39, 0.29) is 47.0 Å². The molecule has 3 aromatic rings. The standard InChI is InChI=1S/C25H32F2N8O4/c1-25(2,3)17-11-14(5-9-33(17)24(37)38)35-12-15(20(32-35)21(26)27)30-23(36)18-19(16-13-39-10-7-28-16)31-34-8-4-6-29-22(18)34/h4,6,8,12,14,16-17,21,28H,5,7,9-11,13H2,1-3H3,(H,30,36)(H,37,38). The molecule has 5 heterocycles. The third-order valence-corrected chi connectivity index (χ3v) is 7.31. The molecule has 12 nitrogen and oxygen atoms in total. The number of piperidine rings is 1. The highest BCUT2D eigenvalue weighted by molar-refractivity contribution is 6.09. The molecule has 39 heavy (non-hydrogen) atoms. The SMILES string of the molecule is CC(C)(C)C1CC(n2cc(NC(=O)c3c(C4COCCN4)nn4cccnc34)c(C(F)F)n2)CCN1C(=O)O. The van der Waals surface area contributed by atoms with Crippen molar-refractivity contribution in [1.29, 1.82) is 0 Å². The summed E-state index contributed by atoms with van der Waals surface area (Å²) in [5, 5.41) is 24.2. The molecular weight excluding hydrogens is 514 g/mol. The number of carbonyl (C=O) groups is 2. The Bertz CT molecular complexity index is 1360. The Morgan fingerprint density at radius 3 is 2.74 bits per heavy atom. The van der Waals surface area contributed by atoms with Crippen LogP contribution >= 0.6 is 0 Å². The Labute approximate surface area is 223 Å². The number of nitrogens with zero attached hydrogens (tertiary/aromatic N) is 6. The first kappa shape index (κ1) is 26.9. The van der Waals surface area contributed by atoms with E-state index >= 15 is 0 Å². The number of likely N-dealkylation sites (tertiary alicyclic amines) is 1. The number of morpholine rings is 1. The number of carboxylic acid groups (broad SMARTS) is 1. The number of halogens is 2. The van der Waals surface area contributed by atoms with Gasteiger partial charge in [-0.1, -0.05) is 20.8 Å². The van der Waals surface area contributed by atoms with Crippen LogP contribution in [0.1, 0.15) is 73.9 Å². The van der Waals surface area contributed by atoms with E-state index in [0.29, 0.717) is 38.3 Å². The summed E-state index contributed by atoms with van der Waals surface area (Å²) in [5.74, 6) is -0.638. The molecule has 0 aliphatic carbocycles. The van der Waals surface area contributed by atoms with Gasteiger partial charge in [0.1, 0.15) is 5.56 Å². The van der Waals surface area contributed by atoms with Gasteiger partial charge in [-0.15, -0.1) is 0 Å². The molecule has 3 unspecified atom stereocenters. The van der Waals surface area contributed by atoms with Gasteiger partial charge in [0.25, 0.3) is 12.3 Å². The van der Waals surface area contributed by atoms with Gasteiger partial charge in [-0.3, -0.25) is 9.48 Å². The normalized spacial score (nSPS) is 22.4. The summed E-state index contributed by atoms with van der Waals surface area (Å²) in [7, 11) is 0. The lowest BCUT2D eigenvalue weighted by Gasteiger charge is -2.44. The van der Waals surface area contributed by atoms with Crippen molar-refractivity contribution in [2.75, 3.05) is 31.6 Å². The van der Waals surface area contributed by atoms with Gasteiger partial charge in [0.15, 0.2) is 11.3 Å². The van der Waals surface area contributed by atoms with Crippen LogP contribution in [0.15, 0.2) is 24.7 Å². The van der Waals surface area contributed by atoms with Crippen molar-refractivity contribution in [3.05, 3.63) is 41.6 Å². The van der Waals surface area contributed by atoms with E-state index in [1.54, 1.807) is 12.3 Å². The molecule has 0 saturated carbocycles. The maximum Gasteiger partial charge on any atom is 0.407 e. The number of nitrogens with one attached hydrogen (secondary N) is 2. The summed E-state index contributed by atoms with van der Waals surface area (Å²) in [6.45, 7) is 7.50. The molecule has 14 heteroatoms. The van der Waals surface area contributed by atoms with Crippen molar-refractivity contribution < 1.29 is 28.2 Å². The first-order valence-corrected chi connectivity index (χ1v) is 12.9. The second-order valence-electron chi connectivity index (χ2n) is 10.9. The molecule has 2 aliphatic rings. The number of hydrogen-bond acceptors (Lipinski definition) is 7. The fourth-order valence-corrected chi connectivity index (χ4v) is 5.38. The predicted molar refractivity (Wildman–Crippen MR) is 136 cm³/mol. The van der Waals surface area contributed by atoms with E-state index in [2.05, 4.69) is 25.8 Å². The lowest BCUT2D eigenvalue weighted by Crippen LogP contribution is -2.51. The zero-order valence-electron chi connectivity index (χ0n) is 22.0. The average molecular weight is 547 g/mol. The van der Waals surface area contributed by atoms with Crippen LogP contribution in [0.25, 0.3) is 5.65 Å². The number of rotatable bonds is 5. The zero-order chi connectivity index (χ0) is 27.9. The van der Waals surface area contributed by atoms with Crippen molar-refractivity contribution in [1.82, 2.24) is 34.6 Å². The van der Waals surface area contributed by atoms with E-state index in [0.717, 1.165) is 0 Å². The topological polar surface area (TPSA) is 139 Å². The van der Waals surface area contributed by atoms with Gasteiger partial charge in [0.05, 0.1) is 36.7 Å². The molecule has 0 spiro atoms. The Morgan fingerprint density at radius 1 is 1.28 bits per heavy atom. The zero-order valence-corrected chi connectivity index (χ0v) is 22.0. The van der Waals surface area contributed by atoms with Gasteiger partial charge in [0, 0.05) is 37.7 Å². The van der Waals surface area contributed by atoms with Crippen molar-refractivity contribution in [3.8, 4) is 0 Å². The van der Waals surface area contributed by atoms with Crippen LogP contribution in [0.5, 0.6) is 0 Å². The molecule has 3 atom stereocenters. The van der Waals surface area contributed by atoms with Crippen LogP contribution in [-0.4, -0.2) is 78.7 Å². The summed E-state index contributed by atoms with van der Waals surface area (Å²) < 4.78 is 36.6. The molecule has 0 aromatic carbocycles. The minimum Gasteiger partial charge on any atom is -0.465 e. The quantitative estimate of drug-likeness (QED) is 0.442. The van der Waals surface area contributed by atoms with E-state index < -0.39 is 24.1 Å². The monoisotopic (exact) mass is 546 g/mol. The van der Waals surface area contributed by atoms with Gasteiger partial charge in [0.2, 0.25) is 0 Å². The lowest BCUT2D eigenvalue weighted by molar-refractivity contribution is 0.0404. The number of fused-ring (bicyclic) bond motifs is 1. The molecule has 3 N–H and O–H groups in total. The Hall–Kier alpha value is -3.65. The summed E-state index contributed by atoms with van der Waals surface area (Å²) in [6, 6.07) is 0.664. The lowest BCUT2D eigenvalue weighted by atomic mass is 9.79. The van der Waals surface area contributed by atoms with Crippen LogP contribution < -0.4 is 10.6 Å². The van der Waals surface area contributed by atoms with Crippen LogP contribution in [0.2, 0.25) is 0 Å². The van der Waals surface area contributed by atoms with Crippen molar-refractivity contribution >= 4 is 23.3 Å². The fourth-order valence-electron chi connectivity index (χ4n) is 5.38. The maximum absolute atomic E-state index is 14.1. The Balaban J connectivity index is 1.45. The van der Waals surface area contributed by atoms with Gasteiger partial charge in [-0.25, -0.2) is 23.1 Å². The molecule has 5 rings (SSSR count). The Kier molecular flexibility index (Phi) is 7.25. The van der Waals surface area contributed by atoms with E-state index in [9.17, 15) is 23.5 Å². The largest absolute Gasteiger partial charge is 0.465 e. The molecule has 2 fully saturated rings. The third-order valence-electron chi connectivity index (χ3n) is 7.31. The highest BCUT2D eigenvalue weighted by atomic mass is 19.3. The van der Waals surface area contributed by atoms with Crippen LogP contribution in [0.4, 0.5) is 19.3 Å². The summed E-state index contributed by atoms with van der Waals surface area (Å²) in [6.07, 6.45) is 1.46. The second kappa shape index (κ2) is 10.5. The van der Waals surface area contributed by atoms with Gasteiger partial charge in [-0.2, -0.15) is 10.2 Å².